The Morgan fingerprint density at radius 2 is 2.24 bits per heavy atom. The molecule has 4 heteroatoms. The zero-order valence-corrected chi connectivity index (χ0v) is 10.7. The molecule has 17 heavy (non-hydrogen) atoms. The van der Waals surface area contributed by atoms with Crippen LogP contribution in [0, 0.1) is 12.3 Å². The molecule has 0 bridgehead atoms. The predicted octanol–water partition coefficient (Wildman–Crippen LogP) is 2.43. The van der Waals surface area contributed by atoms with E-state index in [9.17, 15) is 0 Å². The van der Waals surface area contributed by atoms with Crippen LogP contribution in [0.3, 0.4) is 0 Å². The largest absolute Gasteiger partial charge is 0.464 e. The van der Waals surface area contributed by atoms with E-state index in [0.717, 1.165) is 24.6 Å². The maximum absolute atomic E-state index is 5.34. The lowest BCUT2D eigenvalue weighted by atomic mass is 10.2. The minimum atomic E-state index is 0.224. The first kappa shape index (κ1) is 13.3. The third kappa shape index (κ3) is 4.31. The van der Waals surface area contributed by atoms with Gasteiger partial charge in [-0.1, -0.05) is 26.7 Å². The average molecular weight is 233 g/mol. The van der Waals surface area contributed by atoms with Crippen LogP contribution in [0.1, 0.15) is 38.9 Å². The second-order valence-electron chi connectivity index (χ2n) is 4.02. The van der Waals surface area contributed by atoms with E-state index in [1.54, 1.807) is 6.07 Å². The minimum absolute atomic E-state index is 0.224. The average Bonchev–Trinajstić information content (AvgIpc) is 2.33. The number of nitrogens with zero attached hydrogens (tertiary/aromatic N) is 2. The zero-order valence-electron chi connectivity index (χ0n) is 10.7. The van der Waals surface area contributed by atoms with E-state index in [0.29, 0.717) is 5.88 Å². The summed E-state index contributed by atoms with van der Waals surface area (Å²) in [5.41, 5.74) is 0. The van der Waals surface area contributed by atoms with Crippen molar-refractivity contribution < 1.29 is 4.74 Å². The lowest BCUT2D eigenvalue weighted by Gasteiger charge is -2.11. The molecule has 4 nitrogen and oxygen atoms in total. The van der Waals surface area contributed by atoms with Crippen LogP contribution in [-0.4, -0.2) is 23.1 Å². The summed E-state index contributed by atoms with van der Waals surface area (Å²) in [4.78, 5) is 8.73. The molecule has 0 unspecified atom stereocenters. The van der Waals surface area contributed by atoms with Gasteiger partial charge in [-0.3, -0.25) is 0 Å². The van der Waals surface area contributed by atoms with Crippen LogP contribution in [0.2, 0.25) is 0 Å². The smallest absolute Gasteiger partial charge is 0.219 e. The van der Waals surface area contributed by atoms with Gasteiger partial charge in [-0.05, 0) is 6.42 Å². The van der Waals surface area contributed by atoms with Crippen LogP contribution >= 0.6 is 0 Å². The standard InChI is InChI=1S/C13H19N3O/c1-5-7-14-11-9-12(17-8-6-2)16-13(15-11)10(3)4/h2,9-10H,5,7-8H2,1,3-4H3,(H,14,15,16). The summed E-state index contributed by atoms with van der Waals surface area (Å²) in [6.07, 6.45) is 6.20. The van der Waals surface area contributed by atoms with Crippen molar-refractivity contribution in [3.05, 3.63) is 11.9 Å². The number of ether oxygens (including phenoxy) is 1. The van der Waals surface area contributed by atoms with Crippen molar-refractivity contribution in [2.75, 3.05) is 18.5 Å². The topological polar surface area (TPSA) is 47.0 Å². The Kier molecular flexibility index (Phi) is 5.28. The summed E-state index contributed by atoms with van der Waals surface area (Å²) < 4.78 is 5.34. The summed E-state index contributed by atoms with van der Waals surface area (Å²) in [6, 6.07) is 1.78. The van der Waals surface area contributed by atoms with Gasteiger partial charge in [-0.15, -0.1) is 6.42 Å². The van der Waals surface area contributed by atoms with Crippen LogP contribution in [0.4, 0.5) is 5.82 Å². The van der Waals surface area contributed by atoms with E-state index >= 15 is 0 Å². The summed E-state index contributed by atoms with van der Waals surface area (Å²) in [6.45, 7) is 7.30. The third-order valence-corrected chi connectivity index (χ3v) is 2.10. The van der Waals surface area contributed by atoms with Crippen LogP contribution in [0.15, 0.2) is 6.07 Å². The molecule has 0 amide bonds. The van der Waals surface area contributed by atoms with Crippen molar-refractivity contribution in [2.24, 2.45) is 0 Å². The summed E-state index contributed by atoms with van der Waals surface area (Å²) in [5.74, 6) is 4.76. The fraction of sp³-hybridized carbons (Fsp3) is 0.538. The quantitative estimate of drug-likeness (QED) is 0.767. The molecule has 1 aromatic heterocycles. The van der Waals surface area contributed by atoms with Gasteiger partial charge in [0.25, 0.3) is 0 Å². The van der Waals surface area contributed by atoms with Crippen LogP contribution in [-0.2, 0) is 0 Å². The molecule has 0 aliphatic heterocycles. The SMILES string of the molecule is C#CCOc1cc(NCCC)nc(C(C)C)n1. The molecule has 0 fully saturated rings. The van der Waals surface area contributed by atoms with Crippen molar-refractivity contribution in [1.82, 2.24) is 9.97 Å². The fourth-order valence-electron chi connectivity index (χ4n) is 1.23. The Bertz CT molecular complexity index is 396. The zero-order chi connectivity index (χ0) is 12.7. The molecule has 0 saturated carbocycles. The summed E-state index contributed by atoms with van der Waals surface area (Å²) in [5, 5.41) is 3.22. The number of nitrogens with one attached hydrogen (secondary N) is 1. The van der Waals surface area contributed by atoms with Crippen molar-refractivity contribution in [3.8, 4) is 18.2 Å². The van der Waals surface area contributed by atoms with E-state index in [1.807, 2.05) is 13.8 Å². The van der Waals surface area contributed by atoms with Gasteiger partial charge >= 0.3 is 0 Å². The molecule has 0 aliphatic carbocycles. The van der Waals surface area contributed by atoms with Crippen molar-refractivity contribution >= 4 is 5.82 Å². The number of anilines is 1. The Labute approximate surface area is 103 Å². The third-order valence-electron chi connectivity index (χ3n) is 2.10. The van der Waals surface area contributed by atoms with Crippen LogP contribution in [0.25, 0.3) is 0 Å². The van der Waals surface area contributed by atoms with Gasteiger partial charge in [0.2, 0.25) is 5.88 Å². The number of terminal acetylenes is 1. The van der Waals surface area contributed by atoms with Gasteiger partial charge in [-0.25, -0.2) is 4.98 Å². The fourth-order valence-corrected chi connectivity index (χ4v) is 1.23. The van der Waals surface area contributed by atoms with Gasteiger partial charge in [0.15, 0.2) is 6.61 Å². The highest BCUT2D eigenvalue weighted by atomic mass is 16.5. The Hall–Kier alpha value is -1.76. The van der Waals surface area contributed by atoms with Crippen molar-refractivity contribution in [1.29, 1.82) is 0 Å². The molecule has 1 N–H and O–H groups in total. The van der Waals surface area contributed by atoms with E-state index in [1.165, 1.54) is 0 Å². The molecule has 0 radical (unpaired) electrons. The van der Waals surface area contributed by atoms with Crippen molar-refractivity contribution in [3.63, 3.8) is 0 Å². The molecular formula is C13H19N3O. The highest BCUT2D eigenvalue weighted by molar-refractivity contribution is 5.38. The first-order chi connectivity index (χ1) is 8.17. The Morgan fingerprint density at radius 1 is 1.47 bits per heavy atom. The number of rotatable bonds is 6. The number of aromatic nitrogens is 2. The van der Waals surface area contributed by atoms with Gasteiger partial charge in [0, 0.05) is 18.5 Å². The second-order valence-corrected chi connectivity index (χ2v) is 4.02. The first-order valence-corrected chi connectivity index (χ1v) is 5.86. The molecule has 1 rings (SSSR count). The molecule has 92 valence electrons. The van der Waals surface area contributed by atoms with E-state index in [2.05, 4.69) is 28.1 Å². The molecule has 1 heterocycles. The molecule has 0 saturated heterocycles. The maximum Gasteiger partial charge on any atom is 0.219 e. The number of hydrogen-bond donors (Lipinski definition) is 1. The highest BCUT2D eigenvalue weighted by Crippen LogP contribution is 2.18. The minimum Gasteiger partial charge on any atom is -0.464 e. The predicted molar refractivity (Wildman–Crippen MR) is 69.2 cm³/mol. The molecule has 0 spiro atoms. The first-order valence-electron chi connectivity index (χ1n) is 5.86. The van der Waals surface area contributed by atoms with Gasteiger partial charge in [0.1, 0.15) is 11.6 Å². The molecular weight excluding hydrogens is 214 g/mol. The lowest BCUT2D eigenvalue weighted by Crippen LogP contribution is -2.08. The normalized spacial score (nSPS) is 10.1. The number of hydrogen-bond acceptors (Lipinski definition) is 4. The summed E-state index contributed by atoms with van der Waals surface area (Å²) in [7, 11) is 0. The Morgan fingerprint density at radius 3 is 2.82 bits per heavy atom. The van der Waals surface area contributed by atoms with E-state index in [-0.39, 0.29) is 12.5 Å². The Balaban J connectivity index is 2.89. The van der Waals surface area contributed by atoms with Gasteiger partial charge in [0.05, 0.1) is 0 Å². The van der Waals surface area contributed by atoms with E-state index < -0.39 is 0 Å². The molecule has 0 aliphatic rings. The lowest BCUT2D eigenvalue weighted by molar-refractivity contribution is 0.352. The summed E-state index contributed by atoms with van der Waals surface area (Å²) >= 11 is 0. The monoisotopic (exact) mass is 233 g/mol. The maximum atomic E-state index is 5.34. The molecule has 1 aromatic rings. The molecule has 0 aromatic carbocycles. The second kappa shape index (κ2) is 6.74. The van der Waals surface area contributed by atoms with Crippen LogP contribution in [0.5, 0.6) is 5.88 Å². The van der Waals surface area contributed by atoms with Gasteiger partial charge in [-0.2, -0.15) is 4.98 Å². The molecule has 0 atom stereocenters. The van der Waals surface area contributed by atoms with Crippen LogP contribution < -0.4 is 10.1 Å². The van der Waals surface area contributed by atoms with Crippen molar-refractivity contribution in [2.45, 2.75) is 33.1 Å². The van der Waals surface area contributed by atoms with E-state index in [4.69, 9.17) is 11.2 Å². The highest BCUT2D eigenvalue weighted by Gasteiger charge is 2.08. The van der Waals surface area contributed by atoms with Gasteiger partial charge < -0.3 is 10.1 Å².